The molecule has 0 radical (unpaired) electrons. The van der Waals surface area contributed by atoms with E-state index in [1.165, 1.54) is 36.9 Å². The molecule has 0 aliphatic carbocycles. The topological polar surface area (TPSA) is 62.9 Å². The molecule has 2 aromatic carbocycles. The predicted octanol–water partition coefficient (Wildman–Crippen LogP) is 4.61. The van der Waals surface area contributed by atoms with Gasteiger partial charge < -0.3 is 15.8 Å². The van der Waals surface area contributed by atoms with Gasteiger partial charge in [0.2, 0.25) is 0 Å². The van der Waals surface area contributed by atoms with E-state index in [1.807, 2.05) is 24.3 Å². The van der Waals surface area contributed by atoms with Crippen molar-refractivity contribution in [2.45, 2.75) is 45.3 Å². The van der Waals surface area contributed by atoms with Crippen LogP contribution in [0, 0.1) is 0 Å². The van der Waals surface area contributed by atoms with Gasteiger partial charge in [0.1, 0.15) is 5.75 Å². The van der Waals surface area contributed by atoms with E-state index in [4.69, 9.17) is 10.5 Å². The minimum Gasteiger partial charge on any atom is -0.495 e. The van der Waals surface area contributed by atoms with Crippen LogP contribution in [0.1, 0.15) is 37.3 Å². The van der Waals surface area contributed by atoms with E-state index in [-0.39, 0.29) is 24.0 Å². The van der Waals surface area contributed by atoms with Gasteiger partial charge in [0.25, 0.3) is 0 Å². The van der Waals surface area contributed by atoms with Crippen molar-refractivity contribution in [2.24, 2.45) is 10.7 Å². The zero-order valence-electron chi connectivity index (χ0n) is 16.7. The van der Waals surface area contributed by atoms with Crippen molar-refractivity contribution in [1.29, 1.82) is 0 Å². The van der Waals surface area contributed by atoms with E-state index in [9.17, 15) is 0 Å². The van der Waals surface area contributed by atoms with Gasteiger partial charge in [-0.1, -0.05) is 42.8 Å². The first-order valence-corrected chi connectivity index (χ1v) is 9.68. The Labute approximate surface area is 185 Å². The lowest BCUT2D eigenvalue weighted by Crippen LogP contribution is -2.37. The highest BCUT2D eigenvalue weighted by molar-refractivity contribution is 14.0. The first kappa shape index (κ1) is 22.5. The van der Waals surface area contributed by atoms with Crippen LogP contribution in [0.4, 0.5) is 5.69 Å². The Kier molecular flexibility index (Phi) is 9.05. The van der Waals surface area contributed by atoms with Crippen LogP contribution in [0.15, 0.2) is 53.5 Å². The number of ether oxygens (including phenoxy) is 1. The van der Waals surface area contributed by atoms with Gasteiger partial charge >= 0.3 is 0 Å². The van der Waals surface area contributed by atoms with Crippen LogP contribution in [0.2, 0.25) is 0 Å². The van der Waals surface area contributed by atoms with E-state index < -0.39 is 0 Å². The number of halogens is 1. The van der Waals surface area contributed by atoms with E-state index >= 15 is 0 Å². The molecule has 0 spiro atoms. The summed E-state index contributed by atoms with van der Waals surface area (Å²) in [4.78, 5) is 7.12. The van der Waals surface area contributed by atoms with Crippen LogP contribution < -0.4 is 15.8 Å². The van der Waals surface area contributed by atoms with Gasteiger partial charge in [-0.05, 0) is 49.6 Å². The summed E-state index contributed by atoms with van der Waals surface area (Å²) in [6, 6.07) is 16.8. The Morgan fingerprint density at radius 3 is 2.61 bits per heavy atom. The number of piperidine rings is 1. The highest BCUT2D eigenvalue weighted by atomic mass is 127. The molecule has 1 atom stereocenters. The van der Waals surface area contributed by atoms with E-state index in [2.05, 4.69) is 46.4 Å². The van der Waals surface area contributed by atoms with Crippen LogP contribution in [0.25, 0.3) is 0 Å². The number of para-hydroxylation sites is 2. The normalized spacial score (nSPS) is 17.6. The number of benzene rings is 2. The zero-order valence-corrected chi connectivity index (χ0v) is 19.1. The van der Waals surface area contributed by atoms with Crippen LogP contribution in [0.5, 0.6) is 5.75 Å². The van der Waals surface area contributed by atoms with Gasteiger partial charge in [0.05, 0.1) is 19.3 Å². The summed E-state index contributed by atoms with van der Waals surface area (Å²) in [7, 11) is 1.64. The van der Waals surface area contributed by atoms with Gasteiger partial charge in [-0.15, -0.1) is 24.0 Å². The molecule has 1 unspecified atom stereocenters. The van der Waals surface area contributed by atoms with Crippen molar-refractivity contribution in [3.8, 4) is 5.75 Å². The Morgan fingerprint density at radius 1 is 1.14 bits per heavy atom. The van der Waals surface area contributed by atoms with Crippen LogP contribution in [-0.2, 0) is 13.1 Å². The summed E-state index contributed by atoms with van der Waals surface area (Å²) in [5.74, 6) is 1.13. The average Bonchev–Trinajstić information content (AvgIpc) is 2.69. The molecule has 152 valence electrons. The van der Waals surface area contributed by atoms with Gasteiger partial charge in [0, 0.05) is 12.6 Å². The van der Waals surface area contributed by atoms with Gasteiger partial charge in [0.15, 0.2) is 5.96 Å². The maximum Gasteiger partial charge on any atom is 0.193 e. The van der Waals surface area contributed by atoms with Crippen LogP contribution >= 0.6 is 24.0 Å². The number of hydrogen-bond donors (Lipinski definition) is 2. The lowest BCUT2D eigenvalue weighted by molar-refractivity contribution is 0.152. The number of nitrogens with one attached hydrogen (secondary N) is 1. The molecule has 3 N–H and O–H groups in total. The highest BCUT2D eigenvalue weighted by Gasteiger charge is 2.19. The number of nitrogens with zero attached hydrogens (tertiary/aromatic N) is 2. The fourth-order valence-electron chi connectivity index (χ4n) is 3.57. The summed E-state index contributed by atoms with van der Waals surface area (Å²) in [6.45, 7) is 5.05. The molecule has 0 saturated carbocycles. The molecule has 6 heteroatoms. The summed E-state index contributed by atoms with van der Waals surface area (Å²) < 4.78 is 5.34. The van der Waals surface area contributed by atoms with Crippen molar-refractivity contribution in [2.75, 3.05) is 19.0 Å². The second-order valence-corrected chi connectivity index (χ2v) is 7.11. The molecule has 2 aromatic rings. The van der Waals surface area contributed by atoms with E-state index in [0.29, 0.717) is 18.5 Å². The fraction of sp³-hybridized carbons (Fsp3) is 0.409. The van der Waals surface area contributed by atoms with Gasteiger partial charge in [-0.25, -0.2) is 4.99 Å². The summed E-state index contributed by atoms with van der Waals surface area (Å²) in [6.07, 6.45) is 3.92. The maximum atomic E-state index is 6.11. The Morgan fingerprint density at radius 2 is 1.86 bits per heavy atom. The maximum absolute atomic E-state index is 6.11. The van der Waals surface area contributed by atoms with E-state index in [0.717, 1.165) is 18.0 Å². The largest absolute Gasteiger partial charge is 0.495 e. The minimum absolute atomic E-state index is 0. The Bertz CT molecular complexity index is 781. The smallest absolute Gasteiger partial charge is 0.193 e. The standard InChI is InChI=1S/C22H30N4O.HI/c1-17-9-7-8-14-26(17)16-19-11-4-3-10-18(19)15-24-22(23)25-20-12-5-6-13-21(20)27-2;/h3-6,10-13,17H,7-9,14-16H2,1-2H3,(H3,23,24,25);1H. The fourth-order valence-corrected chi connectivity index (χ4v) is 3.57. The first-order valence-electron chi connectivity index (χ1n) is 9.68. The Hall–Kier alpha value is -1.80. The zero-order chi connectivity index (χ0) is 19.1. The van der Waals surface area contributed by atoms with Crippen molar-refractivity contribution in [3.05, 3.63) is 59.7 Å². The Balaban J connectivity index is 0.00000280. The van der Waals surface area contributed by atoms with Crippen LogP contribution in [-0.4, -0.2) is 30.6 Å². The number of aliphatic imine (C=N–C) groups is 1. The van der Waals surface area contributed by atoms with Gasteiger partial charge in [-0.3, -0.25) is 4.90 Å². The molecule has 1 fully saturated rings. The highest BCUT2D eigenvalue weighted by Crippen LogP contribution is 2.23. The number of guanidine groups is 1. The van der Waals surface area contributed by atoms with Crippen molar-refractivity contribution >= 4 is 35.6 Å². The third-order valence-corrected chi connectivity index (χ3v) is 5.22. The van der Waals surface area contributed by atoms with Gasteiger partial charge in [-0.2, -0.15) is 0 Å². The number of rotatable bonds is 6. The molecule has 1 heterocycles. The third-order valence-electron chi connectivity index (χ3n) is 5.22. The number of likely N-dealkylation sites (tertiary alicyclic amines) is 1. The average molecular weight is 494 g/mol. The molecule has 1 saturated heterocycles. The molecule has 0 aromatic heterocycles. The molecule has 1 aliphatic heterocycles. The number of hydrogen-bond acceptors (Lipinski definition) is 3. The monoisotopic (exact) mass is 494 g/mol. The second-order valence-electron chi connectivity index (χ2n) is 7.11. The molecule has 28 heavy (non-hydrogen) atoms. The van der Waals surface area contributed by atoms with Crippen molar-refractivity contribution < 1.29 is 4.74 Å². The van der Waals surface area contributed by atoms with Crippen molar-refractivity contribution in [1.82, 2.24) is 4.90 Å². The molecular weight excluding hydrogens is 463 g/mol. The summed E-state index contributed by atoms with van der Waals surface area (Å²) in [5.41, 5.74) is 9.48. The second kappa shape index (κ2) is 11.3. The SMILES string of the molecule is COc1ccccc1NC(N)=NCc1ccccc1CN1CCCCC1C.I. The molecule has 0 bridgehead atoms. The van der Waals surface area contributed by atoms with Crippen molar-refractivity contribution in [3.63, 3.8) is 0 Å². The summed E-state index contributed by atoms with van der Waals surface area (Å²) >= 11 is 0. The first-order chi connectivity index (χ1) is 13.2. The molecule has 3 rings (SSSR count). The quantitative estimate of drug-likeness (QED) is 0.350. The minimum atomic E-state index is 0. The molecule has 5 nitrogen and oxygen atoms in total. The number of methoxy groups -OCH3 is 1. The lowest BCUT2D eigenvalue weighted by Gasteiger charge is -2.33. The summed E-state index contributed by atoms with van der Waals surface area (Å²) in [5, 5.41) is 3.13. The van der Waals surface area contributed by atoms with Crippen LogP contribution in [0.3, 0.4) is 0 Å². The predicted molar refractivity (Wildman–Crippen MR) is 128 cm³/mol. The number of anilines is 1. The number of nitrogens with two attached hydrogens (primary N) is 1. The molecular formula is C22H31IN4O. The molecule has 1 aliphatic rings. The molecule has 0 amide bonds. The lowest BCUT2D eigenvalue weighted by atomic mass is 10.0. The van der Waals surface area contributed by atoms with E-state index in [1.54, 1.807) is 7.11 Å². The third kappa shape index (κ3) is 6.10.